The maximum absolute atomic E-state index is 6.71. The Morgan fingerprint density at radius 2 is 0.627 bits per heavy atom. The van der Waals surface area contributed by atoms with Crippen LogP contribution < -0.4 is 18.9 Å². The molecule has 0 aromatic heterocycles. The first kappa shape index (κ1) is 38.3. The quantitative estimate of drug-likeness (QED) is 0.102. The Labute approximate surface area is 307 Å². The van der Waals surface area contributed by atoms with Gasteiger partial charge in [-0.3, -0.25) is 0 Å². The normalized spacial score (nSPS) is 12.5. The second kappa shape index (κ2) is 18.5. The highest BCUT2D eigenvalue weighted by Crippen LogP contribution is 2.41. The van der Waals surface area contributed by atoms with Crippen LogP contribution in [0.2, 0.25) is 0 Å². The molecule has 4 aromatic carbocycles. The molecule has 1 aliphatic rings. The minimum absolute atomic E-state index is 0.481. The van der Waals surface area contributed by atoms with Crippen LogP contribution in [0.4, 0.5) is 0 Å². The number of hydrogen-bond acceptors (Lipinski definition) is 5. The highest BCUT2D eigenvalue weighted by atomic mass is 16.5. The summed E-state index contributed by atoms with van der Waals surface area (Å²) in [7, 11) is 7.18. The van der Waals surface area contributed by atoms with Crippen LogP contribution in [0, 0.1) is 0 Å². The van der Waals surface area contributed by atoms with Gasteiger partial charge >= 0.3 is 0 Å². The molecule has 0 N–H and O–H groups in total. The van der Waals surface area contributed by atoms with E-state index in [9.17, 15) is 0 Å². The summed E-state index contributed by atoms with van der Waals surface area (Å²) in [4.78, 5) is 0. The van der Waals surface area contributed by atoms with Gasteiger partial charge in [0, 0.05) is 32.8 Å². The lowest BCUT2D eigenvalue weighted by molar-refractivity contribution is 0.145. The molecule has 0 atom stereocenters. The first-order valence-electron chi connectivity index (χ1n) is 19.2. The molecule has 0 spiro atoms. The molecule has 1 aliphatic carbocycles. The van der Waals surface area contributed by atoms with Crippen LogP contribution in [0.1, 0.15) is 120 Å². The summed E-state index contributed by atoms with van der Waals surface area (Å²) in [5.74, 6) is 3.81. The van der Waals surface area contributed by atoms with Gasteiger partial charge in [-0.25, -0.2) is 0 Å². The lowest BCUT2D eigenvalue weighted by Crippen LogP contribution is -2.11. The molecule has 4 aromatic rings. The molecule has 0 heterocycles. The molecule has 0 saturated carbocycles. The predicted molar refractivity (Wildman–Crippen MR) is 210 cm³/mol. The average Bonchev–Trinajstić information content (AvgIpc) is 3.10. The zero-order valence-electron chi connectivity index (χ0n) is 32.6. The number of aryl methyl sites for hydroxylation is 4. The van der Waals surface area contributed by atoms with Gasteiger partial charge in [0.15, 0.2) is 0 Å². The van der Waals surface area contributed by atoms with Crippen molar-refractivity contribution in [3.8, 4) is 23.0 Å². The number of benzene rings is 4. The monoisotopic (exact) mass is 692 g/mol. The van der Waals surface area contributed by atoms with E-state index < -0.39 is 0 Å². The lowest BCUT2D eigenvalue weighted by Gasteiger charge is -2.24. The SMILES string of the molecule is CCCc1cc2c(OC)c(c1)Cc1cc(CCC)cc(c1OC)Cc1cc(CCC)cc(c1OCCOC)Cc1cc(CCC)cc(c1OC)C2. The Bertz CT molecular complexity index is 1660. The van der Waals surface area contributed by atoms with Crippen molar-refractivity contribution in [1.82, 2.24) is 0 Å². The molecule has 51 heavy (non-hydrogen) atoms. The van der Waals surface area contributed by atoms with Gasteiger partial charge in [-0.05, 0) is 92.4 Å². The van der Waals surface area contributed by atoms with Gasteiger partial charge in [-0.15, -0.1) is 0 Å². The van der Waals surface area contributed by atoms with E-state index in [-0.39, 0.29) is 0 Å². The van der Waals surface area contributed by atoms with Crippen molar-refractivity contribution in [2.45, 2.75) is 105 Å². The number of rotatable bonds is 15. The number of methoxy groups -OCH3 is 4. The Balaban J connectivity index is 1.87. The predicted octanol–water partition coefficient (Wildman–Crippen LogP) is 10.2. The Kier molecular flexibility index (Phi) is 13.9. The van der Waals surface area contributed by atoms with E-state index in [4.69, 9.17) is 23.7 Å². The van der Waals surface area contributed by atoms with Crippen molar-refractivity contribution < 1.29 is 23.7 Å². The molecule has 5 heteroatoms. The fourth-order valence-corrected chi connectivity index (χ4v) is 8.11. The summed E-state index contributed by atoms with van der Waals surface area (Å²) < 4.78 is 31.2. The van der Waals surface area contributed by atoms with E-state index in [2.05, 4.69) is 76.2 Å². The van der Waals surface area contributed by atoms with Gasteiger partial charge in [-0.1, -0.05) is 102 Å². The van der Waals surface area contributed by atoms with Crippen molar-refractivity contribution >= 4 is 0 Å². The van der Waals surface area contributed by atoms with Crippen molar-refractivity contribution in [2.24, 2.45) is 0 Å². The lowest BCUT2D eigenvalue weighted by atomic mass is 9.87. The van der Waals surface area contributed by atoms with Gasteiger partial charge in [0.05, 0.1) is 27.9 Å². The minimum atomic E-state index is 0.481. The molecule has 0 amide bonds. The summed E-state index contributed by atoms with van der Waals surface area (Å²) in [6, 6.07) is 18.9. The highest BCUT2D eigenvalue weighted by molar-refractivity contribution is 5.58. The van der Waals surface area contributed by atoms with Crippen LogP contribution >= 0.6 is 0 Å². The van der Waals surface area contributed by atoms with Crippen molar-refractivity contribution in [3.05, 3.63) is 115 Å². The number of ether oxygens (including phenoxy) is 5. The average molecular weight is 693 g/mol. The Morgan fingerprint density at radius 3 is 0.843 bits per heavy atom. The van der Waals surface area contributed by atoms with E-state index in [1.165, 1.54) is 66.8 Å². The van der Waals surface area contributed by atoms with E-state index >= 15 is 0 Å². The van der Waals surface area contributed by atoms with Crippen molar-refractivity contribution in [3.63, 3.8) is 0 Å². The van der Waals surface area contributed by atoms with Crippen LogP contribution in [-0.2, 0) is 56.1 Å². The van der Waals surface area contributed by atoms with E-state index in [1.54, 1.807) is 7.11 Å². The van der Waals surface area contributed by atoms with E-state index in [0.717, 1.165) is 87.2 Å². The molecule has 5 nitrogen and oxygen atoms in total. The third-order valence-electron chi connectivity index (χ3n) is 10.0. The van der Waals surface area contributed by atoms with Crippen LogP contribution in [-0.4, -0.2) is 41.7 Å². The smallest absolute Gasteiger partial charge is 0.126 e. The third-order valence-corrected chi connectivity index (χ3v) is 10.0. The molecule has 0 radical (unpaired) electrons. The maximum Gasteiger partial charge on any atom is 0.126 e. The zero-order chi connectivity index (χ0) is 36.3. The van der Waals surface area contributed by atoms with Crippen LogP contribution in [0.15, 0.2) is 48.5 Å². The maximum atomic E-state index is 6.71. The summed E-state index contributed by atoms with van der Waals surface area (Å²) in [6.07, 6.45) is 11.2. The third kappa shape index (κ3) is 9.10. The molecule has 0 unspecified atom stereocenters. The minimum Gasteiger partial charge on any atom is -0.496 e. The highest BCUT2D eigenvalue weighted by Gasteiger charge is 2.23. The van der Waals surface area contributed by atoms with E-state index in [0.29, 0.717) is 26.1 Å². The molecule has 0 aliphatic heterocycles. The fraction of sp³-hybridized carbons (Fsp3) is 0.478. The standard InChI is InChI=1S/C46H60O5/c1-9-13-31-19-35-27-37-21-32(14-10-2)23-39(44(37)49-7)29-41-25-34(16-12-4)26-42(46(41)51-18-17-47-5)30-40-24-33(15-11-3)22-38(45(40)50-8)28-36(20-31)43(35)48-6/h19-26H,9-18,27-30H2,1-8H3. The molecule has 8 bridgehead atoms. The largest absolute Gasteiger partial charge is 0.496 e. The van der Waals surface area contributed by atoms with E-state index in [1.807, 2.05) is 21.3 Å². The van der Waals surface area contributed by atoms with Crippen molar-refractivity contribution in [2.75, 3.05) is 41.7 Å². The second-order valence-corrected chi connectivity index (χ2v) is 14.1. The molecular weight excluding hydrogens is 633 g/mol. The Hall–Kier alpha value is -3.96. The van der Waals surface area contributed by atoms with Gasteiger partial charge in [0.25, 0.3) is 0 Å². The summed E-state index contributed by atoms with van der Waals surface area (Å²) in [5.41, 5.74) is 14.9. The second-order valence-electron chi connectivity index (χ2n) is 14.1. The molecule has 0 fully saturated rings. The van der Waals surface area contributed by atoms with Gasteiger partial charge < -0.3 is 23.7 Å². The van der Waals surface area contributed by atoms with Gasteiger partial charge in [-0.2, -0.15) is 0 Å². The fourth-order valence-electron chi connectivity index (χ4n) is 8.11. The zero-order valence-corrected chi connectivity index (χ0v) is 32.6. The van der Waals surface area contributed by atoms with Crippen LogP contribution in [0.25, 0.3) is 0 Å². The van der Waals surface area contributed by atoms with Crippen LogP contribution in [0.5, 0.6) is 23.0 Å². The first-order valence-corrected chi connectivity index (χ1v) is 19.2. The molecular formula is C46H60O5. The molecule has 274 valence electrons. The summed E-state index contributed by atoms with van der Waals surface area (Å²) >= 11 is 0. The summed E-state index contributed by atoms with van der Waals surface area (Å²) in [5, 5.41) is 0. The number of fused-ring (bicyclic) bond motifs is 8. The topological polar surface area (TPSA) is 46.2 Å². The Morgan fingerprint density at radius 1 is 0.373 bits per heavy atom. The molecule has 0 saturated heterocycles. The number of hydrogen-bond donors (Lipinski definition) is 0. The van der Waals surface area contributed by atoms with Gasteiger partial charge in [0.2, 0.25) is 0 Å². The van der Waals surface area contributed by atoms with Gasteiger partial charge in [0.1, 0.15) is 29.6 Å². The molecule has 5 rings (SSSR count). The van der Waals surface area contributed by atoms with Crippen molar-refractivity contribution in [1.29, 1.82) is 0 Å². The summed E-state index contributed by atoms with van der Waals surface area (Å²) in [6.45, 7) is 10.0. The van der Waals surface area contributed by atoms with Crippen LogP contribution in [0.3, 0.4) is 0 Å². The first-order chi connectivity index (χ1) is 24.9.